The van der Waals surface area contributed by atoms with Crippen LogP contribution in [-0.2, 0) is 9.53 Å². The predicted octanol–water partition coefficient (Wildman–Crippen LogP) is 1.07. The topological polar surface area (TPSA) is 49.8 Å². The van der Waals surface area contributed by atoms with Crippen molar-refractivity contribution < 1.29 is 27.8 Å². The zero-order valence-electron chi connectivity index (χ0n) is 7.96. The lowest BCUT2D eigenvalue weighted by Gasteiger charge is -2.32. The second-order valence-electron chi connectivity index (χ2n) is 3.36. The van der Waals surface area contributed by atoms with Crippen molar-refractivity contribution in [3.63, 3.8) is 0 Å². The Morgan fingerprint density at radius 3 is 2.33 bits per heavy atom. The third kappa shape index (κ3) is 4.05. The number of halogens is 3. The van der Waals surface area contributed by atoms with E-state index in [0.717, 1.165) is 0 Å². The third-order valence-electron chi connectivity index (χ3n) is 2.24. The zero-order valence-corrected chi connectivity index (χ0v) is 7.96. The lowest BCUT2D eigenvalue weighted by Crippen LogP contribution is -2.45. The van der Waals surface area contributed by atoms with Crippen LogP contribution >= 0.6 is 0 Å². The van der Waals surface area contributed by atoms with Crippen LogP contribution in [0.15, 0.2) is 0 Å². The Bertz CT molecular complexity index is 224. The van der Waals surface area contributed by atoms with Gasteiger partial charge in [-0.2, -0.15) is 13.2 Å². The first-order valence-electron chi connectivity index (χ1n) is 4.55. The van der Waals surface area contributed by atoms with Gasteiger partial charge < -0.3 is 9.84 Å². The fourth-order valence-electron chi connectivity index (χ4n) is 1.47. The Hall–Kier alpha value is -0.820. The highest BCUT2D eigenvalue weighted by molar-refractivity contribution is 5.68. The largest absolute Gasteiger partial charge is 0.480 e. The number of ether oxygens (including phenoxy) is 1. The van der Waals surface area contributed by atoms with Gasteiger partial charge in [-0.3, -0.25) is 0 Å². The van der Waals surface area contributed by atoms with E-state index in [0.29, 0.717) is 4.90 Å². The van der Waals surface area contributed by atoms with Crippen molar-refractivity contribution >= 4 is 5.97 Å². The summed E-state index contributed by atoms with van der Waals surface area (Å²) in [6, 6.07) is 0. The zero-order chi connectivity index (χ0) is 11.5. The number of carbonyl (C=O) groups is 1. The molecular weight excluding hydrogens is 215 g/mol. The Labute approximate surface area is 84.6 Å². The molecule has 0 aromatic rings. The number of alkyl halides is 3. The van der Waals surface area contributed by atoms with Crippen molar-refractivity contribution in [3.8, 4) is 0 Å². The first-order valence-corrected chi connectivity index (χ1v) is 4.55. The van der Waals surface area contributed by atoms with Crippen molar-refractivity contribution in [3.05, 3.63) is 0 Å². The van der Waals surface area contributed by atoms with E-state index in [1.807, 2.05) is 0 Å². The van der Waals surface area contributed by atoms with Crippen LogP contribution in [0.2, 0.25) is 0 Å². The maximum atomic E-state index is 12.2. The standard InChI is InChI=1S/C8H12F3NO3/c9-8(10,11)12-3-1-6(2-4-12)15-5-7(13)14/h6H,1-5H2,(H,13,14). The molecule has 1 aliphatic heterocycles. The summed E-state index contributed by atoms with van der Waals surface area (Å²) in [6.07, 6.45) is -4.24. The number of carboxylic acid groups (broad SMARTS) is 1. The van der Waals surface area contributed by atoms with Crippen LogP contribution in [-0.4, -0.2) is 48.1 Å². The summed E-state index contributed by atoms with van der Waals surface area (Å²) in [5.41, 5.74) is 0. The molecule has 1 heterocycles. The maximum Gasteiger partial charge on any atom is 0.459 e. The molecule has 0 aromatic carbocycles. The highest BCUT2D eigenvalue weighted by atomic mass is 19.4. The number of aliphatic carboxylic acids is 1. The fraction of sp³-hybridized carbons (Fsp3) is 0.875. The molecule has 88 valence electrons. The minimum absolute atomic E-state index is 0.131. The Morgan fingerprint density at radius 2 is 1.93 bits per heavy atom. The van der Waals surface area contributed by atoms with Crippen molar-refractivity contribution in [1.29, 1.82) is 0 Å². The lowest BCUT2D eigenvalue weighted by molar-refractivity contribution is -0.254. The molecule has 1 fully saturated rings. The molecule has 0 bridgehead atoms. The average molecular weight is 227 g/mol. The molecule has 0 radical (unpaired) electrons. The van der Waals surface area contributed by atoms with Gasteiger partial charge in [-0.05, 0) is 12.8 Å². The molecule has 0 unspecified atom stereocenters. The Balaban J connectivity index is 2.27. The van der Waals surface area contributed by atoms with E-state index in [9.17, 15) is 18.0 Å². The van der Waals surface area contributed by atoms with Crippen LogP contribution in [0.1, 0.15) is 12.8 Å². The monoisotopic (exact) mass is 227 g/mol. The fourth-order valence-corrected chi connectivity index (χ4v) is 1.47. The molecule has 1 N–H and O–H groups in total. The lowest BCUT2D eigenvalue weighted by atomic mass is 10.1. The summed E-state index contributed by atoms with van der Waals surface area (Å²) in [7, 11) is 0. The molecule has 15 heavy (non-hydrogen) atoms. The van der Waals surface area contributed by atoms with Crippen LogP contribution in [0.5, 0.6) is 0 Å². The van der Waals surface area contributed by atoms with Crippen molar-refractivity contribution in [2.75, 3.05) is 19.7 Å². The number of hydrogen-bond acceptors (Lipinski definition) is 3. The second kappa shape index (κ2) is 4.80. The van der Waals surface area contributed by atoms with Gasteiger partial charge in [-0.15, -0.1) is 0 Å². The SMILES string of the molecule is O=C(O)COC1CCN(C(F)(F)F)CC1. The number of likely N-dealkylation sites (tertiary alicyclic amines) is 1. The van der Waals surface area contributed by atoms with Gasteiger partial charge in [0.05, 0.1) is 6.10 Å². The van der Waals surface area contributed by atoms with E-state index in [4.69, 9.17) is 9.84 Å². The predicted molar refractivity (Wildman–Crippen MR) is 44.2 cm³/mol. The first-order chi connectivity index (χ1) is 6.89. The molecule has 0 aromatic heterocycles. The molecule has 1 saturated heterocycles. The minimum atomic E-state index is -4.29. The van der Waals surface area contributed by atoms with Crippen LogP contribution in [0.4, 0.5) is 13.2 Å². The molecular formula is C8H12F3NO3. The van der Waals surface area contributed by atoms with Gasteiger partial charge in [0.25, 0.3) is 0 Å². The van der Waals surface area contributed by atoms with Gasteiger partial charge in [0.2, 0.25) is 0 Å². The van der Waals surface area contributed by atoms with Crippen molar-refractivity contribution in [2.45, 2.75) is 25.2 Å². The summed E-state index contributed by atoms with van der Waals surface area (Å²) in [5, 5.41) is 8.31. The van der Waals surface area contributed by atoms with Gasteiger partial charge >= 0.3 is 12.3 Å². The number of nitrogens with zero attached hydrogens (tertiary/aromatic N) is 1. The molecule has 0 amide bonds. The molecule has 4 nitrogen and oxygen atoms in total. The van der Waals surface area contributed by atoms with Gasteiger partial charge in [0.15, 0.2) is 0 Å². The number of hydrogen-bond donors (Lipinski definition) is 1. The summed E-state index contributed by atoms with van der Waals surface area (Å²) in [5.74, 6) is -1.10. The van der Waals surface area contributed by atoms with Gasteiger partial charge in [-0.25, -0.2) is 9.69 Å². The van der Waals surface area contributed by atoms with E-state index >= 15 is 0 Å². The number of carboxylic acids is 1. The summed E-state index contributed by atoms with van der Waals surface area (Å²) >= 11 is 0. The third-order valence-corrected chi connectivity index (χ3v) is 2.24. The first kappa shape index (κ1) is 12.3. The van der Waals surface area contributed by atoms with E-state index in [1.165, 1.54) is 0 Å². The van der Waals surface area contributed by atoms with Crippen LogP contribution in [0.25, 0.3) is 0 Å². The Kier molecular flexibility index (Phi) is 3.92. The summed E-state index contributed by atoms with van der Waals surface area (Å²) in [6.45, 7) is -0.710. The molecule has 0 saturated carbocycles. The molecule has 0 atom stereocenters. The molecule has 0 spiro atoms. The minimum Gasteiger partial charge on any atom is -0.480 e. The van der Waals surface area contributed by atoms with Crippen LogP contribution in [0.3, 0.4) is 0 Å². The molecule has 1 aliphatic rings. The van der Waals surface area contributed by atoms with Crippen molar-refractivity contribution in [2.24, 2.45) is 0 Å². The van der Waals surface area contributed by atoms with Crippen LogP contribution < -0.4 is 0 Å². The van der Waals surface area contributed by atoms with Gasteiger partial charge in [0, 0.05) is 13.1 Å². The highest BCUT2D eigenvalue weighted by Crippen LogP contribution is 2.26. The number of rotatable bonds is 3. The molecule has 7 heteroatoms. The smallest absolute Gasteiger partial charge is 0.459 e. The normalized spacial score (nSPS) is 20.5. The summed E-state index contributed by atoms with van der Waals surface area (Å²) < 4.78 is 41.4. The summed E-state index contributed by atoms with van der Waals surface area (Å²) in [4.78, 5) is 10.6. The average Bonchev–Trinajstić information content (AvgIpc) is 2.14. The van der Waals surface area contributed by atoms with E-state index in [1.54, 1.807) is 0 Å². The molecule has 1 rings (SSSR count). The maximum absolute atomic E-state index is 12.2. The van der Waals surface area contributed by atoms with E-state index in [-0.39, 0.29) is 32.0 Å². The molecule has 0 aliphatic carbocycles. The van der Waals surface area contributed by atoms with Crippen LogP contribution in [0, 0.1) is 0 Å². The number of piperidine rings is 1. The second-order valence-corrected chi connectivity index (χ2v) is 3.36. The van der Waals surface area contributed by atoms with Gasteiger partial charge in [-0.1, -0.05) is 0 Å². The quantitative estimate of drug-likeness (QED) is 0.733. The van der Waals surface area contributed by atoms with Gasteiger partial charge in [0.1, 0.15) is 6.61 Å². The Morgan fingerprint density at radius 1 is 1.40 bits per heavy atom. The highest BCUT2D eigenvalue weighted by Gasteiger charge is 2.39. The van der Waals surface area contributed by atoms with Crippen molar-refractivity contribution in [1.82, 2.24) is 4.90 Å². The van der Waals surface area contributed by atoms with E-state index in [2.05, 4.69) is 0 Å². The van der Waals surface area contributed by atoms with E-state index < -0.39 is 18.9 Å².